The van der Waals surface area contributed by atoms with Crippen LogP contribution in [0.4, 0.5) is 0 Å². The first kappa shape index (κ1) is 36.2. The normalized spacial score (nSPS) is 12.5. The molecule has 2 heteroatoms. The maximum atomic E-state index is 4.98. The van der Waals surface area contributed by atoms with E-state index in [-0.39, 0.29) is 0 Å². The molecule has 2 aliphatic carbocycles. The minimum atomic E-state index is 1.08. The Hall–Kier alpha value is -8.20. The molecular formula is C64H40N2. The first-order valence-corrected chi connectivity index (χ1v) is 23.1. The van der Waals surface area contributed by atoms with Gasteiger partial charge in [-0.15, -0.1) is 0 Å². The van der Waals surface area contributed by atoms with Crippen molar-refractivity contribution in [2.75, 3.05) is 0 Å². The fraction of sp³-hybridized carbons (Fsp3) is 0.0625. The zero-order valence-electron chi connectivity index (χ0n) is 37.1. The van der Waals surface area contributed by atoms with E-state index in [9.17, 15) is 0 Å². The van der Waals surface area contributed by atoms with E-state index in [4.69, 9.17) is 9.97 Å². The topological polar surface area (TPSA) is 25.8 Å². The Morgan fingerprint density at radius 2 is 0.636 bits per heavy atom. The number of hydrogen-bond acceptors (Lipinski definition) is 2. The summed E-state index contributed by atoms with van der Waals surface area (Å²) in [5, 5.41) is 20.4. The summed E-state index contributed by atoms with van der Waals surface area (Å²) in [7, 11) is 0. The SMILES string of the molecule is Cc1ccc2c(c1)c(-c1c3ccccc3c(-c3cc4c5ccc(C)c6c5c(cc4c4ccc(C)cc34)-c3ncccc3-6)c3ccccc13)cc1c3ccc(C)c4c3c(cc21)-c1ncccc1-4. The molecule has 2 aliphatic rings. The third-order valence-corrected chi connectivity index (χ3v) is 15.3. The van der Waals surface area contributed by atoms with E-state index >= 15 is 0 Å². The minimum Gasteiger partial charge on any atom is -0.256 e. The third kappa shape index (κ3) is 4.56. The first-order chi connectivity index (χ1) is 32.4. The molecule has 0 saturated carbocycles. The van der Waals surface area contributed by atoms with Gasteiger partial charge in [-0.05, 0) is 195 Å². The number of benzene rings is 11. The molecule has 11 aromatic carbocycles. The van der Waals surface area contributed by atoms with E-state index in [1.54, 1.807) is 0 Å². The number of nitrogens with zero attached hydrogens (tertiary/aromatic N) is 2. The van der Waals surface area contributed by atoms with Crippen molar-refractivity contribution in [3.63, 3.8) is 0 Å². The van der Waals surface area contributed by atoms with E-state index in [1.807, 2.05) is 12.4 Å². The smallest absolute Gasteiger partial charge is 0.0787 e. The zero-order valence-corrected chi connectivity index (χ0v) is 37.1. The molecule has 0 radical (unpaired) electrons. The molecule has 0 N–H and O–H groups in total. The van der Waals surface area contributed by atoms with Gasteiger partial charge in [-0.1, -0.05) is 132 Å². The summed E-state index contributed by atoms with van der Waals surface area (Å²) < 4.78 is 0. The molecular weight excluding hydrogens is 797 g/mol. The molecule has 0 saturated heterocycles. The third-order valence-electron chi connectivity index (χ3n) is 15.3. The molecule has 0 fully saturated rings. The predicted molar refractivity (Wildman–Crippen MR) is 281 cm³/mol. The lowest BCUT2D eigenvalue weighted by Crippen LogP contribution is -1.95. The summed E-state index contributed by atoms with van der Waals surface area (Å²) in [6.07, 6.45) is 3.87. The standard InChI is InChI=1S/C64H40N2/c1-33-17-21-37-47(27-33)53(29-51-43-23-19-35(3)57-45-15-9-25-65-63(45)55(61(43)57)31-49(37)51)59-39-11-5-7-13-41(39)60(42-14-8-6-12-40(42)59)54-30-52-44-24-20-36(4)58-46-16-10-26-66-64(46)56(62(44)58)32-50(52)38-22-18-34(2)28-48(38)54/h5-32H,1-4H3. The molecule has 0 aliphatic heterocycles. The molecule has 0 amide bonds. The monoisotopic (exact) mass is 836 g/mol. The number of hydrogen-bond donors (Lipinski definition) is 0. The van der Waals surface area contributed by atoms with Gasteiger partial charge in [0.25, 0.3) is 0 Å². The van der Waals surface area contributed by atoms with Crippen LogP contribution in [-0.2, 0) is 0 Å². The van der Waals surface area contributed by atoms with Crippen molar-refractivity contribution in [3.05, 3.63) is 192 Å². The van der Waals surface area contributed by atoms with Gasteiger partial charge in [0.05, 0.1) is 11.4 Å². The fourth-order valence-corrected chi connectivity index (χ4v) is 12.6. The van der Waals surface area contributed by atoms with Gasteiger partial charge in [0, 0.05) is 34.6 Å². The molecule has 306 valence electrons. The average molecular weight is 837 g/mol. The van der Waals surface area contributed by atoms with Crippen molar-refractivity contribution >= 4 is 86.2 Å². The second-order valence-electron chi connectivity index (χ2n) is 19.0. The average Bonchev–Trinajstić information content (AvgIpc) is 3.86. The van der Waals surface area contributed by atoms with Crippen LogP contribution in [0, 0.1) is 27.7 Å². The van der Waals surface area contributed by atoms with Gasteiger partial charge in [0.15, 0.2) is 0 Å². The van der Waals surface area contributed by atoms with Gasteiger partial charge >= 0.3 is 0 Å². The highest BCUT2D eigenvalue weighted by Gasteiger charge is 2.29. The van der Waals surface area contributed by atoms with E-state index < -0.39 is 0 Å². The van der Waals surface area contributed by atoms with E-state index in [0.717, 1.165) is 11.4 Å². The van der Waals surface area contributed by atoms with Gasteiger partial charge in [-0.2, -0.15) is 0 Å². The summed E-state index contributed by atoms with van der Waals surface area (Å²) in [5.74, 6) is 0. The Bertz CT molecular complexity index is 4100. The molecule has 0 unspecified atom stereocenters. The quantitative estimate of drug-likeness (QED) is 0.128. The molecule has 2 nitrogen and oxygen atoms in total. The Labute approximate surface area is 381 Å². The lowest BCUT2D eigenvalue weighted by Gasteiger charge is -2.22. The van der Waals surface area contributed by atoms with Gasteiger partial charge in [0.1, 0.15) is 0 Å². The van der Waals surface area contributed by atoms with Crippen molar-refractivity contribution in [3.8, 4) is 67.0 Å². The molecule has 13 aromatic rings. The van der Waals surface area contributed by atoms with Crippen LogP contribution in [0.3, 0.4) is 0 Å². The van der Waals surface area contributed by atoms with Crippen molar-refractivity contribution in [1.29, 1.82) is 0 Å². The van der Waals surface area contributed by atoms with E-state index in [0.29, 0.717) is 0 Å². The number of aromatic nitrogens is 2. The van der Waals surface area contributed by atoms with Crippen molar-refractivity contribution in [2.45, 2.75) is 27.7 Å². The summed E-state index contributed by atoms with van der Waals surface area (Å²) in [5.41, 5.74) is 19.9. The van der Waals surface area contributed by atoms with Gasteiger partial charge in [-0.3, -0.25) is 9.97 Å². The molecule has 15 rings (SSSR count). The second kappa shape index (κ2) is 12.7. The van der Waals surface area contributed by atoms with Crippen LogP contribution < -0.4 is 0 Å². The van der Waals surface area contributed by atoms with Crippen LogP contribution in [0.25, 0.3) is 153 Å². The van der Waals surface area contributed by atoms with Crippen LogP contribution >= 0.6 is 0 Å². The molecule has 0 spiro atoms. The Balaban J connectivity index is 1.09. The lowest BCUT2D eigenvalue weighted by molar-refractivity contribution is 1.34. The molecule has 2 heterocycles. The predicted octanol–water partition coefficient (Wildman–Crippen LogP) is 17.6. The second-order valence-corrected chi connectivity index (χ2v) is 19.0. The first-order valence-electron chi connectivity index (χ1n) is 23.1. The highest BCUT2D eigenvalue weighted by Crippen LogP contribution is 2.55. The van der Waals surface area contributed by atoms with E-state index in [1.165, 1.54) is 164 Å². The maximum Gasteiger partial charge on any atom is 0.0787 e. The molecule has 0 atom stereocenters. The number of fused-ring (bicyclic) bond motifs is 16. The number of aryl methyl sites for hydroxylation is 4. The Morgan fingerprint density at radius 3 is 1.06 bits per heavy atom. The molecule has 0 bridgehead atoms. The van der Waals surface area contributed by atoms with Crippen LogP contribution in [-0.4, -0.2) is 9.97 Å². The Morgan fingerprint density at radius 1 is 0.258 bits per heavy atom. The fourth-order valence-electron chi connectivity index (χ4n) is 12.6. The molecule has 66 heavy (non-hydrogen) atoms. The summed E-state index contributed by atoms with van der Waals surface area (Å²) in [6, 6.07) is 60.3. The summed E-state index contributed by atoms with van der Waals surface area (Å²) in [6.45, 7) is 8.93. The highest BCUT2D eigenvalue weighted by atomic mass is 14.7. The van der Waals surface area contributed by atoms with E-state index in [2.05, 4.69) is 185 Å². The minimum absolute atomic E-state index is 1.08. The number of pyridine rings is 2. The maximum absolute atomic E-state index is 4.98. The molecule has 2 aromatic heterocycles. The van der Waals surface area contributed by atoms with Crippen molar-refractivity contribution < 1.29 is 0 Å². The summed E-state index contributed by atoms with van der Waals surface area (Å²) >= 11 is 0. The summed E-state index contributed by atoms with van der Waals surface area (Å²) in [4.78, 5) is 9.97. The van der Waals surface area contributed by atoms with Gasteiger partial charge in [-0.25, -0.2) is 0 Å². The van der Waals surface area contributed by atoms with Crippen LogP contribution in [0.2, 0.25) is 0 Å². The van der Waals surface area contributed by atoms with Gasteiger partial charge < -0.3 is 0 Å². The van der Waals surface area contributed by atoms with Gasteiger partial charge in [0.2, 0.25) is 0 Å². The lowest BCUT2D eigenvalue weighted by atomic mass is 9.81. The van der Waals surface area contributed by atoms with Crippen molar-refractivity contribution in [2.24, 2.45) is 0 Å². The largest absolute Gasteiger partial charge is 0.256 e. The van der Waals surface area contributed by atoms with Crippen LogP contribution in [0.15, 0.2) is 170 Å². The van der Waals surface area contributed by atoms with Crippen LogP contribution in [0.1, 0.15) is 22.3 Å². The number of rotatable bonds is 2. The van der Waals surface area contributed by atoms with Crippen molar-refractivity contribution in [1.82, 2.24) is 9.97 Å². The zero-order chi connectivity index (χ0) is 43.7. The van der Waals surface area contributed by atoms with Crippen LogP contribution in [0.5, 0.6) is 0 Å². The Kier molecular flexibility index (Phi) is 6.98. The highest BCUT2D eigenvalue weighted by molar-refractivity contribution is 6.34.